The summed E-state index contributed by atoms with van der Waals surface area (Å²) in [5.41, 5.74) is 0. The van der Waals surface area contributed by atoms with E-state index in [-0.39, 0.29) is 6.03 Å². The first-order chi connectivity index (χ1) is 7.83. The summed E-state index contributed by atoms with van der Waals surface area (Å²) in [4.78, 5) is 16.4. The molecule has 0 aromatic carbocycles. The van der Waals surface area contributed by atoms with E-state index in [9.17, 15) is 4.79 Å². The predicted octanol–water partition coefficient (Wildman–Crippen LogP) is 1.28. The topological polar surface area (TPSA) is 35.6 Å². The van der Waals surface area contributed by atoms with Gasteiger partial charge in [-0.25, -0.2) is 4.79 Å². The lowest BCUT2D eigenvalue weighted by Gasteiger charge is -2.33. The standard InChI is InChI=1S/C12H23N3O/c1-2-3-8-15(11-4-5-11)12(16)14-9-6-13-7-10-14/h11,13H,2-10H2,1H3. The van der Waals surface area contributed by atoms with Gasteiger partial charge in [0.05, 0.1) is 0 Å². The van der Waals surface area contributed by atoms with Crippen LogP contribution in [0.2, 0.25) is 0 Å². The molecular weight excluding hydrogens is 202 g/mol. The molecule has 0 unspecified atom stereocenters. The Hall–Kier alpha value is -0.770. The average Bonchev–Trinajstić information content (AvgIpc) is 3.15. The molecule has 1 saturated carbocycles. The molecule has 0 radical (unpaired) electrons. The van der Waals surface area contributed by atoms with Gasteiger partial charge in [0.2, 0.25) is 0 Å². The zero-order valence-corrected chi connectivity index (χ0v) is 10.2. The highest BCUT2D eigenvalue weighted by atomic mass is 16.2. The Bertz CT molecular complexity index is 234. The molecule has 4 nitrogen and oxygen atoms in total. The lowest BCUT2D eigenvalue weighted by Crippen LogP contribution is -2.52. The predicted molar refractivity (Wildman–Crippen MR) is 64.5 cm³/mol. The Labute approximate surface area is 98.0 Å². The summed E-state index contributed by atoms with van der Waals surface area (Å²) in [6.07, 6.45) is 4.72. The van der Waals surface area contributed by atoms with Gasteiger partial charge in [-0.1, -0.05) is 13.3 Å². The van der Waals surface area contributed by atoms with Gasteiger partial charge in [-0.05, 0) is 19.3 Å². The van der Waals surface area contributed by atoms with Gasteiger partial charge in [0.25, 0.3) is 0 Å². The number of nitrogens with zero attached hydrogens (tertiary/aromatic N) is 2. The van der Waals surface area contributed by atoms with Crippen LogP contribution in [-0.4, -0.2) is 54.6 Å². The normalized spacial score (nSPS) is 20.9. The molecule has 0 atom stereocenters. The van der Waals surface area contributed by atoms with Crippen LogP contribution in [0.4, 0.5) is 4.79 Å². The number of hydrogen-bond donors (Lipinski definition) is 1. The van der Waals surface area contributed by atoms with Crippen molar-refractivity contribution in [2.24, 2.45) is 0 Å². The summed E-state index contributed by atoms with van der Waals surface area (Å²) in [5.74, 6) is 0. The van der Waals surface area contributed by atoms with Crippen LogP contribution in [0.3, 0.4) is 0 Å². The molecule has 1 saturated heterocycles. The van der Waals surface area contributed by atoms with Crippen molar-refractivity contribution in [3.63, 3.8) is 0 Å². The van der Waals surface area contributed by atoms with E-state index in [4.69, 9.17) is 0 Å². The lowest BCUT2D eigenvalue weighted by molar-refractivity contribution is 0.143. The number of hydrogen-bond acceptors (Lipinski definition) is 2. The maximum Gasteiger partial charge on any atom is 0.320 e. The highest BCUT2D eigenvalue weighted by Gasteiger charge is 2.34. The molecule has 4 heteroatoms. The van der Waals surface area contributed by atoms with Crippen molar-refractivity contribution in [1.82, 2.24) is 15.1 Å². The van der Waals surface area contributed by atoms with E-state index in [0.29, 0.717) is 6.04 Å². The van der Waals surface area contributed by atoms with Gasteiger partial charge in [0.15, 0.2) is 0 Å². The van der Waals surface area contributed by atoms with Gasteiger partial charge in [0, 0.05) is 38.8 Å². The number of carbonyl (C=O) groups is 1. The van der Waals surface area contributed by atoms with Crippen LogP contribution in [0.25, 0.3) is 0 Å². The fourth-order valence-corrected chi connectivity index (χ4v) is 2.19. The Morgan fingerprint density at radius 3 is 2.62 bits per heavy atom. The molecule has 1 aliphatic carbocycles. The SMILES string of the molecule is CCCCN(C(=O)N1CCNCC1)C1CC1. The first-order valence-corrected chi connectivity index (χ1v) is 6.59. The van der Waals surface area contributed by atoms with Crippen LogP contribution in [0.5, 0.6) is 0 Å². The van der Waals surface area contributed by atoms with Crippen LogP contribution in [0.1, 0.15) is 32.6 Å². The molecule has 2 aliphatic rings. The van der Waals surface area contributed by atoms with Crippen molar-refractivity contribution in [2.75, 3.05) is 32.7 Å². The lowest BCUT2D eigenvalue weighted by atomic mass is 10.3. The molecule has 0 bridgehead atoms. The molecule has 0 spiro atoms. The van der Waals surface area contributed by atoms with Crippen LogP contribution < -0.4 is 5.32 Å². The molecular formula is C12H23N3O. The summed E-state index contributed by atoms with van der Waals surface area (Å²) in [6.45, 7) is 6.75. The van der Waals surface area contributed by atoms with E-state index in [2.05, 4.69) is 17.1 Å². The van der Waals surface area contributed by atoms with Crippen LogP contribution in [0, 0.1) is 0 Å². The van der Waals surface area contributed by atoms with Crippen molar-refractivity contribution in [3.05, 3.63) is 0 Å². The van der Waals surface area contributed by atoms with Gasteiger partial charge < -0.3 is 15.1 Å². The molecule has 92 valence electrons. The van der Waals surface area contributed by atoms with Crippen molar-refractivity contribution in [3.8, 4) is 0 Å². The maximum absolute atomic E-state index is 12.3. The summed E-state index contributed by atoms with van der Waals surface area (Å²) < 4.78 is 0. The summed E-state index contributed by atoms with van der Waals surface area (Å²) >= 11 is 0. The largest absolute Gasteiger partial charge is 0.322 e. The zero-order chi connectivity index (χ0) is 11.4. The average molecular weight is 225 g/mol. The minimum atomic E-state index is 0.275. The van der Waals surface area contributed by atoms with Crippen molar-refractivity contribution in [1.29, 1.82) is 0 Å². The monoisotopic (exact) mass is 225 g/mol. The number of nitrogens with one attached hydrogen (secondary N) is 1. The number of amides is 2. The minimum absolute atomic E-state index is 0.275. The number of piperazine rings is 1. The van der Waals surface area contributed by atoms with E-state index >= 15 is 0 Å². The van der Waals surface area contributed by atoms with Crippen LogP contribution >= 0.6 is 0 Å². The van der Waals surface area contributed by atoms with E-state index in [0.717, 1.165) is 45.6 Å². The van der Waals surface area contributed by atoms with E-state index in [1.54, 1.807) is 0 Å². The van der Waals surface area contributed by atoms with Crippen LogP contribution in [0.15, 0.2) is 0 Å². The van der Waals surface area contributed by atoms with Gasteiger partial charge in [0.1, 0.15) is 0 Å². The van der Waals surface area contributed by atoms with Gasteiger partial charge in [-0.3, -0.25) is 0 Å². The molecule has 1 heterocycles. The molecule has 1 N–H and O–H groups in total. The third-order valence-corrected chi connectivity index (χ3v) is 3.37. The first kappa shape index (κ1) is 11.7. The van der Waals surface area contributed by atoms with Crippen molar-refractivity contribution < 1.29 is 4.79 Å². The molecule has 2 amide bonds. The highest BCUT2D eigenvalue weighted by molar-refractivity contribution is 5.75. The summed E-state index contributed by atoms with van der Waals surface area (Å²) in [7, 11) is 0. The summed E-state index contributed by atoms with van der Waals surface area (Å²) in [5, 5.41) is 3.28. The third kappa shape index (κ3) is 2.88. The maximum atomic E-state index is 12.3. The number of rotatable bonds is 4. The summed E-state index contributed by atoms with van der Waals surface area (Å²) in [6, 6.07) is 0.825. The highest BCUT2D eigenvalue weighted by Crippen LogP contribution is 2.28. The molecule has 2 rings (SSSR count). The minimum Gasteiger partial charge on any atom is -0.322 e. The van der Waals surface area contributed by atoms with E-state index < -0.39 is 0 Å². The quantitative estimate of drug-likeness (QED) is 0.782. The third-order valence-electron chi connectivity index (χ3n) is 3.37. The Morgan fingerprint density at radius 2 is 2.06 bits per heavy atom. The van der Waals surface area contributed by atoms with Gasteiger partial charge in [-0.2, -0.15) is 0 Å². The number of unbranched alkanes of at least 4 members (excludes halogenated alkanes) is 1. The van der Waals surface area contributed by atoms with Gasteiger partial charge >= 0.3 is 6.03 Å². The first-order valence-electron chi connectivity index (χ1n) is 6.59. The molecule has 2 fully saturated rings. The molecule has 16 heavy (non-hydrogen) atoms. The van der Waals surface area contributed by atoms with Crippen molar-refractivity contribution >= 4 is 6.03 Å². The second-order valence-corrected chi connectivity index (χ2v) is 4.80. The number of urea groups is 1. The van der Waals surface area contributed by atoms with Gasteiger partial charge in [-0.15, -0.1) is 0 Å². The number of carbonyl (C=O) groups excluding carboxylic acids is 1. The Kier molecular flexibility index (Phi) is 4.04. The zero-order valence-electron chi connectivity index (χ0n) is 10.2. The molecule has 0 aromatic rings. The Morgan fingerprint density at radius 1 is 1.38 bits per heavy atom. The smallest absolute Gasteiger partial charge is 0.320 e. The van der Waals surface area contributed by atoms with E-state index in [1.807, 2.05) is 4.90 Å². The van der Waals surface area contributed by atoms with Crippen molar-refractivity contribution in [2.45, 2.75) is 38.6 Å². The Balaban J connectivity index is 1.87. The second kappa shape index (κ2) is 5.53. The second-order valence-electron chi connectivity index (χ2n) is 4.80. The fourth-order valence-electron chi connectivity index (χ4n) is 2.19. The molecule has 0 aromatic heterocycles. The van der Waals surface area contributed by atoms with E-state index in [1.165, 1.54) is 12.8 Å². The fraction of sp³-hybridized carbons (Fsp3) is 0.917. The van der Waals surface area contributed by atoms with Crippen LogP contribution in [-0.2, 0) is 0 Å². The molecule has 1 aliphatic heterocycles.